The van der Waals surface area contributed by atoms with Gasteiger partial charge in [-0.15, -0.1) is 0 Å². The smallest absolute Gasteiger partial charge is 0.294 e. The Kier molecular flexibility index (Phi) is 6.40. The van der Waals surface area contributed by atoms with E-state index in [9.17, 15) is 21.9 Å². The van der Waals surface area contributed by atoms with Gasteiger partial charge in [0.2, 0.25) is 0 Å². The summed E-state index contributed by atoms with van der Waals surface area (Å²) in [6, 6.07) is 3.55. The number of phenols is 1. The van der Waals surface area contributed by atoms with Crippen LogP contribution < -0.4 is 5.73 Å². The van der Waals surface area contributed by atoms with Crippen LogP contribution in [0.4, 0.5) is 5.69 Å². The predicted molar refractivity (Wildman–Crippen MR) is 79.0 cm³/mol. The van der Waals surface area contributed by atoms with Crippen molar-refractivity contribution < 1.29 is 36.5 Å². The third-order valence-electron chi connectivity index (χ3n) is 2.60. The predicted octanol–water partition coefficient (Wildman–Crippen LogP) is -0.585. The van der Waals surface area contributed by atoms with E-state index in [2.05, 4.69) is 0 Å². The standard InChI is InChI=1S/C10H9NO7S2.Na.H2O/c11-8-3-6(19(13,14)15)1-5-2-7(20(16,17)18)4-9(12)10(5)8;;/h1-4,12H,11H2,(H,13,14,15)(H,16,17,18);;1H2. The molecule has 2 rings (SSSR count). The van der Waals surface area contributed by atoms with Gasteiger partial charge in [-0.1, -0.05) is 0 Å². The zero-order chi connectivity index (χ0) is 15.3. The molecule has 0 aliphatic carbocycles. The molecule has 117 valence electrons. The van der Waals surface area contributed by atoms with E-state index in [1.807, 2.05) is 0 Å². The van der Waals surface area contributed by atoms with Gasteiger partial charge in [0, 0.05) is 46.7 Å². The van der Waals surface area contributed by atoms with Gasteiger partial charge in [0.1, 0.15) is 5.75 Å². The van der Waals surface area contributed by atoms with Crippen molar-refractivity contribution in [1.82, 2.24) is 0 Å². The van der Waals surface area contributed by atoms with E-state index in [0.29, 0.717) is 0 Å². The first-order valence-corrected chi connectivity index (χ1v) is 7.89. The molecule has 0 atom stereocenters. The summed E-state index contributed by atoms with van der Waals surface area (Å²) < 4.78 is 62.1. The minimum atomic E-state index is -4.59. The molecule has 1 radical (unpaired) electrons. The number of nitrogens with two attached hydrogens (primary N) is 1. The Balaban J connectivity index is 0.00000220. The summed E-state index contributed by atoms with van der Waals surface area (Å²) in [6.07, 6.45) is 0. The van der Waals surface area contributed by atoms with Crippen LogP contribution in [0.3, 0.4) is 0 Å². The molecule has 2 aromatic carbocycles. The zero-order valence-corrected chi connectivity index (χ0v) is 14.8. The van der Waals surface area contributed by atoms with Gasteiger partial charge in [-0.2, -0.15) is 16.8 Å². The van der Waals surface area contributed by atoms with Crippen LogP contribution in [0.1, 0.15) is 0 Å². The molecule has 0 aliphatic rings. The SMILES string of the molecule is Nc1cc(S(=O)(=O)O)cc2cc(S(=O)(=O)O)cc(O)c12.O.[Na]. The molecule has 0 amide bonds. The molecule has 22 heavy (non-hydrogen) atoms. The van der Waals surface area contributed by atoms with E-state index < -0.39 is 35.8 Å². The maximum atomic E-state index is 11.1. The molecule has 0 unspecified atom stereocenters. The fourth-order valence-corrected chi connectivity index (χ4v) is 2.86. The van der Waals surface area contributed by atoms with Crippen molar-refractivity contribution >= 4 is 66.3 Å². The fraction of sp³-hybridized carbons (Fsp3) is 0. The van der Waals surface area contributed by atoms with Crippen LogP contribution in [0.2, 0.25) is 0 Å². The van der Waals surface area contributed by atoms with Gasteiger partial charge in [0.15, 0.2) is 0 Å². The molecule has 7 N–H and O–H groups in total. The molecule has 0 spiro atoms. The molecule has 0 fully saturated rings. The van der Waals surface area contributed by atoms with Gasteiger partial charge >= 0.3 is 0 Å². The summed E-state index contributed by atoms with van der Waals surface area (Å²) in [5, 5.41) is 9.66. The van der Waals surface area contributed by atoms with E-state index in [-0.39, 0.29) is 51.5 Å². The zero-order valence-electron chi connectivity index (χ0n) is 11.2. The van der Waals surface area contributed by atoms with Crippen molar-refractivity contribution in [3.8, 4) is 5.75 Å². The Hall–Kier alpha value is -0.920. The van der Waals surface area contributed by atoms with Crippen molar-refractivity contribution in [2.75, 3.05) is 5.73 Å². The number of benzene rings is 2. The van der Waals surface area contributed by atoms with Gasteiger partial charge in [0.05, 0.1) is 9.79 Å². The fourth-order valence-electron chi connectivity index (χ4n) is 1.77. The number of anilines is 1. The van der Waals surface area contributed by atoms with Gasteiger partial charge in [-0.3, -0.25) is 9.11 Å². The minimum Gasteiger partial charge on any atom is -0.507 e. The van der Waals surface area contributed by atoms with Crippen LogP contribution in [0.25, 0.3) is 10.8 Å². The Bertz CT molecular complexity index is 851. The third kappa shape index (κ3) is 4.08. The van der Waals surface area contributed by atoms with Gasteiger partial charge in [-0.25, -0.2) is 0 Å². The number of hydrogen-bond donors (Lipinski definition) is 4. The first-order chi connectivity index (χ1) is 9.00. The van der Waals surface area contributed by atoms with Crippen LogP contribution in [-0.4, -0.2) is 66.1 Å². The van der Waals surface area contributed by atoms with E-state index in [1.54, 1.807) is 0 Å². The molecular weight excluding hydrogens is 349 g/mol. The van der Waals surface area contributed by atoms with Crippen molar-refractivity contribution in [1.29, 1.82) is 0 Å². The Morgan fingerprint density at radius 2 is 1.27 bits per heavy atom. The molecular formula is C10H11NNaO8S2. The average molecular weight is 360 g/mol. The number of nitrogen functional groups attached to an aromatic ring is 1. The van der Waals surface area contributed by atoms with E-state index >= 15 is 0 Å². The molecule has 9 nitrogen and oxygen atoms in total. The van der Waals surface area contributed by atoms with Gasteiger partial charge in [0.25, 0.3) is 20.2 Å². The second kappa shape index (κ2) is 6.68. The molecule has 0 saturated carbocycles. The van der Waals surface area contributed by atoms with Crippen LogP contribution in [0.5, 0.6) is 5.75 Å². The van der Waals surface area contributed by atoms with E-state index in [0.717, 1.165) is 24.3 Å². The van der Waals surface area contributed by atoms with Gasteiger partial charge < -0.3 is 16.3 Å². The molecule has 0 heterocycles. The summed E-state index contributed by atoms with van der Waals surface area (Å²) in [4.78, 5) is -1.19. The molecule has 0 saturated heterocycles. The van der Waals surface area contributed by atoms with Crippen LogP contribution in [-0.2, 0) is 20.2 Å². The van der Waals surface area contributed by atoms with Crippen LogP contribution in [0.15, 0.2) is 34.1 Å². The largest absolute Gasteiger partial charge is 0.507 e. The van der Waals surface area contributed by atoms with Crippen LogP contribution in [0, 0.1) is 0 Å². The number of hydrogen-bond acceptors (Lipinski definition) is 6. The monoisotopic (exact) mass is 360 g/mol. The number of aromatic hydroxyl groups is 1. The van der Waals surface area contributed by atoms with Crippen LogP contribution >= 0.6 is 0 Å². The van der Waals surface area contributed by atoms with Crippen molar-refractivity contribution in [2.45, 2.75) is 9.79 Å². The van der Waals surface area contributed by atoms with E-state index in [4.69, 9.17) is 14.8 Å². The number of rotatable bonds is 2. The topological polar surface area (TPSA) is 186 Å². The second-order valence-corrected chi connectivity index (χ2v) is 6.85. The minimum absolute atomic E-state index is 0. The molecule has 2 aromatic rings. The summed E-state index contributed by atoms with van der Waals surface area (Å²) >= 11 is 0. The molecule has 0 bridgehead atoms. The summed E-state index contributed by atoms with van der Waals surface area (Å²) in [6.45, 7) is 0. The van der Waals surface area contributed by atoms with Crippen molar-refractivity contribution in [2.24, 2.45) is 0 Å². The maximum absolute atomic E-state index is 11.1. The Morgan fingerprint density at radius 1 is 0.864 bits per heavy atom. The summed E-state index contributed by atoms with van der Waals surface area (Å²) in [5.41, 5.74) is 5.39. The van der Waals surface area contributed by atoms with Crippen molar-refractivity contribution in [3.63, 3.8) is 0 Å². The first-order valence-electron chi connectivity index (χ1n) is 5.01. The molecule has 12 heteroatoms. The maximum Gasteiger partial charge on any atom is 0.294 e. The first kappa shape index (κ1) is 21.1. The second-order valence-electron chi connectivity index (χ2n) is 4.00. The Labute approximate surface area is 147 Å². The normalized spacial score (nSPS) is 11.5. The van der Waals surface area contributed by atoms with Gasteiger partial charge in [-0.05, 0) is 23.6 Å². The summed E-state index contributed by atoms with van der Waals surface area (Å²) in [7, 11) is -9.14. The van der Waals surface area contributed by atoms with Crippen molar-refractivity contribution in [3.05, 3.63) is 24.3 Å². The third-order valence-corrected chi connectivity index (χ3v) is 4.26. The number of fused-ring (bicyclic) bond motifs is 1. The quantitative estimate of drug-likeness (QED) is 0.311. The van der Waals surface area contributed by atoms with E-state index in [1.165, 1.54) is 0 Å². The number of phenolic OH excluding ortho intramolecular Hbond substituents is 1. The average Bonchev–Trinajstić information content (AvgIpc) is 2.25. The molecule has 0 aromatic heterocycles. The summed E-state index contributed by atoms with van der Waals surface area (Å²) in [5.74, 6) is -0.547. The molecule has 0 aliphatic heterocycles. The Morgan fingerprint density at radius 3 is 1.68 bits per heavy atom.